The van der Waals surface area contributed by atoms with Crippen molar-refractivity contribution in [3.8, 4) is 0 Å². The summed E-state index contributed by atoms with van der Waals surface area (Å²) in [6, 6.07) is 17.4. The summed E-state index contributed by atoms with van der Waals surface area (Å²) in [5, 5.41) is 1.18. The van der Waals surface area contributed by atoms with E-state index in [4.69, 9.17) is 0 Å². The summed E-state index contributed by atoms with van der Waals surface area (Å²) in [6.07, 6.45) is 1.06. The molecule has 0 saturated heterocycles. The number of pyridine rings is 1. The molecule has 2 nitrogen and oxygen atoms in total. The van der Waals surface area contributed by atoms with E-state index < -0.39 is 0 Å². The van der Waals surface area contributed by atoms with E-state index in [9.17, 15) is 0 Å². The number of anilines is 1. The predicted octanol–water partition coefficient (Wildman–Crippen LogP) is 5.10. The molecule has 2 aromatic carbocycles. The summed E-state index contributed by atoms with van der Waals surface area (Å²) in [5.41, 5.74) is 8.33. The molecule has 0 saturated carbocycles. The van der Waals surface area contributed by atoms with E-state index >= 15 is 0 Å². The molecule has 2 heterocycles. The van der Waals surface area contributed by atoms with Crippen molar-refractivity contribution in [1.29, 1.82) is 0 Å². The van der Waals surface area contributed by atoms with Crippen LogP contribution in [0.4, 0.5) is 5.69 Å². The summed E-state index contributed by atoms with van der Waals surface area (Å²) in [7, 11) is 0. The van der Waals surface area contributed by atoms with Gasteiger partial charge >= 0.3 is 0 Å². The molecule has 0 N–H and O–H groups in total. The Hall–Kier alpha value is -2.61. The van der Waals surface area contributed by atoms with Gasteiger partial charge in [-0.2, -0.15) is 0 Å². The number of hydrogen-bond donors (Lipinski definition) is 0. The van der Waals surface area contributed by atoms with Crippen LogP contribution in [0.5, 0.6) is 0 Å². The first kappa shape index (κ1) is 14.0. The molecule has 114 valence electrons. The lowest BCUT2D eigenvalue weighted by Crippen LogP contribution is -2.12. The van der Waals surface area contributed by atoms with Gasteiger partial charge in [0.15, 0.2) is 0 Å². The van der Waals surface area contributed by atoms with E-state index in [0.717, 1.165) is 35.6 Å². The standard InChI is InChI=1S/C21H20N2/c1-4-16-6-8-18-13-23(15(3)20(18)11-16)19-10-9-17-7-5-14(2)22-21(17)12-19/h5-12H,3-4,13H2,1-2H3. The molecule has 0 spiro atoms. The van der Waals surface area contributed by atoms with Crippen LogP contribution >= 0.6 is 0 Å². The first-order valence-electron chi connectivity index (χ1n) is 8.12. The maximum Gasteiger partial charge on any atom is 0.0725 e. The fraction of sp³-hybridized carbons (Fsp3) is 0.190. The number of benzene rings is 2. The Kier molecular flexibility index (Phi) is 3.19. The van der Waals surface area contributed by atoms with Gasteiger partial charge in [-0.1, -0.05) is 37.8 Å². The van der Waals surface area contributed by atoms with Gasteiger partial charge in [0.2, 0.25) is 0 Å². The van der Waals surface area contributed by atoms with Gasteiger partial charge in [-0.25, -0.2) is 0 Å². The van der Waals surface area contributed by atoms with Crippen molar-refractivity contribution in [3.05, 3.63) is 77.5 Å². The average molecular weight is 300 g/mol. The number of nitrogens with zero attached hydrogens (tertiary/aromatic N) is 2. The van der Waals surface area contributed by atoms with Crippen molar-refractivity contribution >= 4 is 22.3 Å². The van der Waals surface area contributed by atoms with E-state index in [1.165, 1.54) is 22.1 Å². The van der Waals surface area contributed by atoms with Crippen LogP contribution in [0.1, 0.15) is 29.3 Å². The molecule has 0 bridgehead atoms. The topological polar surface area (TPSA) is 16.1 Å². The van der Waals surface area contributed by atoms with E-state index in [2.05, 4.69) is 71.9 Å². The van der Waals surface area contributed by atoms with Crippen molar-refractivity contribution in [3.63, 3.8) is 0 Å². The number of rotatable bonds is 2. The zero-order valence-corrected chi connectivity index (χ0v) is 13.6. The van der Waals surface area contributed by atoms with Gasteiger partial charge in [0.05, 0.1) is 5.52 Å². The van der Waals surface area contributed by atoms with Crippen LogP contribution in [0.2, 0.25) is 0 Å². The number of aromatic nitrogens is 1. The van der Waals surface area contributed by atoms with Crippen molar-refractivity contribution < 1.29 is 0 Å². The van der Waals surface area contributed by atoms with E-state index in [0.29, 0.717) is 0 Å². The molecule has 1 aliphatic heterocycles. The Labute approximate surface area is 137 Å². The fourth-order valence-corrected chi connectivity index (χ4v) is 3.28. The van der Waals surface area contributed by atoms with Crippen molar-refractivity contribution in [1.82, 2.24) is 4.98 Å². The highest BCUT2D eigenvalue weighted by Crippen LogP contribution is 2.37. The Morgan fingerprint density at radius 2 is 1.91 bits per heavy atom. The Balaban J connectivity index is 1.76. The molecule has 1 aliphatic rings. The smallest absolute Gasteiger partial charge is 0.0725 e. The zero-order chi connectivity index (χ0) is 16.0. The third-order valence-corrected chi connectivity index (χ3v) is 4.67. The van der Waals surface area contributed by atoms with Crippen LogP contribution in [0.15, 0.2) is 55.1 Å². The lowest BCUT2D eigenvalue weighted by atomic mass is 10.0. The van der Waals surface area contributed by atoms with Gasteiger partial charge in [0, 0.05) is 34.6 Å². The second kappa shape index (κ2) is 5.24. The molecule has 0 amide bonds. The summed E-state index contributed by atoms with van der Waals surface area (Å²) in [4.78, 5) is 6.94. The third kappa shape index (κ3) is 2.31. The summed E-state index contributed by atoms with van der Waals surface area (Å²) < 4.78 is 0. The molecule has 1 aromatic heterocycles. The maximum absolute atomic E-state index is 4.65. The first-order chi connectivity index (χ1) is 11.2. The zero-order valence-electron chi connectivity index (χ0n) is 13.6. The van der Waals surface area contributed by atoms with Gasteiger partial charge in [-0.15, -0.1) is 0 Å². The number of fused-ring (bicyclic) bond motifs is 2. The molecule has 3 aromatic rings. The highest BCUT2D eigenvalue weighted by atomic mass is 15.2. The molecular weight excluding hydrogens is 280 g/mol. The third-order valence-electron chi connectivity index (χ3n) is 4.67. The quantitative estimate of drug-likeness (QED) is 0.655. The highest BCUT2D eigenvalue weighted by molar-refractivity contribution is 5.89. The maximum atomic E-state index is 4.65. The van der Waals surface area contributed by atoms with Crippen LogP contribution in [-0.4, -0.2) is 4.98 Å². The molecule has 0 fully saturated rings. The second-order valence-electron chi connectivity index (χ2n) is 6.21. The summed E-state index contributed by atoms with van der Waals surface area (Å²) >= 11 is 0. The summed E-state index contributed by atoms with van der Waals surface area (Å²) in [6.45, 7) is 9.44. The minimum absolute atomic E-state index is 0.884. The minimum Gasteiger partial charge on any atom is -0.337 e. The van der Waals surface area contributed by atoms with Gasteiger partial charge in [-0.3, -0.25) is 4.98 Å². The van der Waals surface area contributed by atoms with Crippen molar-refractivity contribution in [2.45, 2.75) is 26.8 Å². The molecule has 0 unspecified atom stereocenters. The summed E-state index contributed by atoms with van der Waals surface area (Å²) in [5.74, 6) is 0. The largest absolute Gasteiger partial charge is 0.337 e. The molecule has 0 radical (unpaired) electrons. The van der Waals surface area contributed by atoms with Gasteiger partial charge in [0.25, 0.3) is 0 Å². The van der Waals surface area contributed by atoms with Crippen LogP contribution in [-0.2, 0) is 13.0 Å². The second-order valence-corrected chi connectivity index (χ2v) is 6.21. The fourth-order valence-electron chi connectivity index (χ4n) is 3.28. The lowest BCUT2D eigenvalue weighted by Gasteiger charge is -2.20. The van der Waals surface area contributed by atoms with Gasteiger partial charge in [0.1, 0.15) is 0 Å². The normalized spacial score (nSPS) is 13.7. The Morgan fingerprint density at radius 3 is 2.74 bits per heavy atom. The minimum atomic E-state index is 0.884. The van der Waals surface area contributed by atoms with Crippen LogP contribution in [0, 0.1) is 6.92 Å². The SMILES string of the molecule is C=C1c2cc(CC)ccc2CN1c1ccc2ccc(C)nc2c1. The van der Waals surface area contributed by atoms with Crippen molar-refractivity contribution in [2.24, 2.45) is 0 Å². The molecule has 0 aliphatic carbocycles. The van der Waals surface area contributed by atoms with Crippen molar-refractivity contribution in [2.75, 3.05) is 4.90 Å². The monoisotopic (exact) mass is 300 g/mol. The number of aryl methyl sites for hydroxylation is 2. The van der Waals surface area contributed by atoms with E-state index in [1.807, 2.05) is 6.92 Å². The predicted molar refractivity (Wildman–Crippen MR) is 97.5 cm³/mol. The van der Waals surface area contributed by atoms with Gasteiger partial charge < -0.3 is 4.90 Å². The molecule has 4 rings (SSSR count). The average Bonchev–Trinajstić information content (AvgIpc) is 2.90. The molecular formula is C21H20N2. The van der Waals surface area contributed by atoms with Crippen LogP contribution < -0.4 is 4.90 Å². The molecule has 2 heteroatoms. The van der Waals surface area contributed by atoms with Crippen LogP contribution in [0.25, 0.3) is 16.6 Å². The van der Waals surface area contributed by atoms with E-state index in [1.54, 1.807) is 0 Å². The molecule has 23 heavy (non-hydrogen) atoms. The molecule has 0 atom stereocenters. The van der Waals surface area contributed by atoms with E-state index in [-0.39, 0.29) is 0 Å². The van der Waals surface area contributed by atoms with Crippen LogP contribution in [0.3, 0.4) is 0 Å². The lowest BCUT2D eigenvalue weighted by molar-refractivity contribution is 1.04. The Morgan fingerprint density at radius 1 is 1.09 bits per heavy atom. The Bertz CT molecular complexity index is 924. The first-order valence-corrected chi connectivity index (χ1v) is 8.12. The number of hydrogen-bond acceptors (Lipinski definition) is 2. The highest BCUT2D eigenvalue weighted by Gasteiger charge is 2.23. The van der Waals surface area contributed by atoms with Gasteiger partial charge in [-0.05, 0) is 48.7 Å².